The van der Waals surface area contributed by atoms with E-state index in [2.05, 4.69) is 10.5 Å². The molecule has 0 saturated carbocycles. The van der Waals surface area contributed by atoms with Crippen molar-refractivity contribution in [2.24, 2.45) is 5.10 Å². The fourth-order valence-electron chi connectivity index (χ4n) is 2.71. The zero-order valence-corrected chi connectivity index (χ0v) is 16.6. The van der Waals surface area contributed by atoms with Crippen molar-refractivity contribution in [3.05, 3.63) is 63.6 Å². The van der Waals surface area contributed by atoms with Gasteiger partial charge in [-0.3, -0.25) is 4.79 Å². The van der Waals surface area contributed by atoms with E-state index in [1.54, 1.807) is 18.2 Å². The number of sulfonamides is 1. The first-order valence-electron chi connectivity index (χ1n) is 8.26. The van der Waals surface area contributed by atoms with E-state index in [4.69, 9.17) is 23.2 Å². The highest BCUT2D eigenvalue weighted by Gasteiger charge is 2.27. The number of hydrogen-bond donors (Lipinski definition) is 1. The van der Waals surface area contributed by atoms with E-state index in [0.29, 0.717) is 28.7 Å². The van der Waals surface area contributed by atoms with E-state index in [-0.39, 0.29) is 10.5 Å². The van der Waals surface area contributed by atoms with Crippen LogP contribution in [0.2, 0.25) is 10.0 Å². The van der Waals surface area contributed by atoms with Crippen molar-refractivity contribution in [1.82, 2.24) is 9.73 Å². The summed E-state index contributed by atoms with van der Waals surface area (Å²) < 4.78 is 26.7. The summed E-state index contributed by atoms with van der Waals surface area (Å²) in [5.41, 5.74) is 3.16. The first kappa shape index (κ1) is 19.8. The van der Waals surface area contributed by atoms with Gasteiger partial charge in [-0.15, -0.1) is 0 Å². The Balaban J connectivity index is 1.73. The lowest BCUT2D eigenvalue weighted by molar-refractivity contribution is 0.0955. The second kappa shape index (κ2) is 8.39. The number of carbonyl (C=O) groups excluding carboxylic acids is 1. The second-order valence-electron chi connectivity index (χ2n) is 6.00. The highest BCUT2D eigenvalue weighted by molar-refractivity contribution is 7.89. The minimum atomic E-state index is -3.58. The highest BCUT2D eigenvalue weighted by atomic mass is 35.5. The molecule has 0 bridgehead atoms. The molecule has 3 rings (SSSR count). The fourth-order valence-corrected chi connectivity index (χ4v) is 4.73. The maximum atomic E-state index is 12.6. The van der Waals surface area contributed by atoms with Crippen LogP contribution in [-0.4, -0.2) is 37.9 Å². The van der Waals surface area contributed by atoms with Gasteiger partial charge in [0.05, 0.1) is 16.1 Å². The topological polar surface area (TPSA) is 78.8 Å². The van der Waals surface area contributed by atoms with Crippen molar-refractivity contribution in [3.63, 3.8) is 0 Å². The van der Waals surface area contributed by atoms with E-state index < -0.39 is 15.9 Å². The normalized spacial score (nSPS) is 15.3. The zero-order valence-electron chi connectivity index (χ0n) is 14.2. The molecular formula is C18H17Cl2N3O3S. The molecule has 0 aromatic heterocycles. The van der Waals surface area contributed by atoms with Crippen LogP contribution in [0.4, 0.5) is 0 Å². The number of rotatable bonds is 5. The van der Waals surface area contributed by atoms with Gasteiger partial charge in [-0.05, 0) is 43.2 Å². The second-order valence-corrected chi connectivity index (χ2v) is 8.79. The molecule has 0 spiro atoms. The summed E-state index contributed by atoms with van der Waals surface area (Å²) in [6.45, 7) is 1.01. The molecule has 9 heteroatoms. The van der Waals surface area contributed by atoms with Crippen LogP contribution in [0.1, 0.15) is 28.8 Å². The Morgan fingerprint density at radius 2 is 1.85 bits per heavy atom. The lowest BCUT2D eigenvalue weighted by Crippen LogP contribution is -2.28. The highest BCUT2D eigenvalue weighted by Crippen LogP contribution is 2.22. The third kappa shape index (κ3) is 4.68. The summed E-state index contributed by atoms with van der Waals surface area (Å²) in [5.74, 6) is -0.519. The molecule has 1 aliphatic rings. The number of carbonyl (C=O) groups is 1. The van der Waals surface area contributed by atoms with Gasteiger partial charge in [-0.25, -0.2) is 13.8 Å². The molecule has 6 nitrogen and oxygen atoms in total. The molecule has 0 radical (unpaired) electrons. The molecule has 1 N–H and O–H groups in total. The van der Waals surface area contributed by atoms with Gasteiger partial charge in [0.2, 0.25) is 10.0 Å². The minimum Gasteiger partial charge on any atom is -0.267 e. The van der Waals surface area contributed by atoms with Gasteiger partial charge in [0, 0.05) is 29.2 Å². The van der Waals surface area contributed by atoms with Crippen molar-refractivity contribution < 1.29 is 13.2 Å². The first-order chi connectivity index (χ1) is 12.9. The number of amides is 1. The van der Waals surface area contributed by atoms with Gasteiger partial charge in [-0.1, -0.05) is 35.3 Å². The largest absolute Gasteiger partial charge is 0.271 e. The molecule has 0 atom stereocenters. The summed E-state index contributed by atoms with van der Waals surface area (Å²) in [6.07, 6.45) is 3.09. The lowest BCUT2D eigenvalue weighted by Gasteiger charge is -2.15. The molecule has 1 fully saturated rings. The Kier molecular flexibility index (Phi) is 6.16. The van der Waals surface area contributed by atoms with E-state index in [9.17, 15) is 13.2 Å². The first-order valence-corrected chi connectivity index (χ1v) is 10.5. The molecule has 1 heterocycles. The van der Waals surface area contributed by atoms with Gasteiger partial charge in [-0.2, -0.15) is 9.41 Å². The van der Waals surface area contributed by atoms with E-state index in [1.165, 1.54) is 34.8 Å². The number of benzene rings is 2. The summed E-state index contributed by atoms with van der Waals surface area (Å²) in [6, 6.07) is 10.8. The molecule has 2 aromatic carbocycles. The van der Waals surface area contributed by atoms with Crippen molar-refractivity contribution in [2.45, 2.75) is 17.7 Å². The molecule has 142 valence electrons. The Hall–Kier alpha value is -1.93. The molecule has 0 unspecified atom stereocenters. The Bertz CT molecular complexity index is 987. The van der Waals surface area contributed by atoms with Crippen LogP contribution in [0.5, 0.6) is 0 Å². The molecule has 0 aliphatic carbocycles. The standard InChI is InChI=1S/C18H17Cl2N3O3S/c19-15-7-6-14(17(20)11-15)12-21-22-18(24)13-4-3-5-16(10-13)27(25,26)23-8-1-2-9-23/h3-7,10-12H,1-2,8-9H2,(H,22,24)/b21-12-. The number of nitrogens with zero attached hydrogens (tertiary/aromatic N) is 2. The third-order valence-electron chi connectivity index (χ3n) is 4.13. The monoisotopic (exact) mass is 425 g/mol. The number of nitrogens with one attached hydrogen (secondary N) is 1. The molecule has 1 aliphatic heterocycles. The van der Waals surface area contributed by atoms with Gasteiger partial charge < -0.3 is 0 Å². The van der Waals surface area contributed by atoms with Gasteiger partial charge >= 0.3 is 0 Å². The number of hydrazone groups is 1. The molecule has 2 aromatic rings. The maximum absolute atomic E-state index is 12.6. The molecule has 1 saturated heterocycles. The van der Waals surface area contributed by atoms with E-state index in [1.807, 2.05) is 0 Å². The van der Waals surface area contributed by atoms with Gasteiger partial charge in [0.25, 0.3) is 5.91 Å². The van der Waals surface area contributed by atoms with Crippen LogP contribution < -0.4 is 5.43 Å². The van der Waals surface area contributed by atoms with Crippen molar-refractivity contribution in [3.8, 4) is 0 Å². The third-order valence-corrected chi connectivity index (χ3v) is 6.59. The summed E-state index contributed by atoms with van der Waals surface area (Å²) >= 11 is 11.9. The van der Waals surface area contributed by atoms with Crippen LogP contribution in [0, 0.1) is 0 Å². The lowest BCUT2D eigenvalue weighted by atomic mass is 10.2. The van der Waals surface area contributed by atoms with Crippen LogP contribution >= 0.6 is 23.2 Å². The van der Waals surface area contributed by atoms with Gasteiger partial charge in [0.15, 0.2) is 0 Å². The Morgan fingerprint density at radius 3 is 2.56 bits per heavy atom. The van der Waals surface area contributed by atoms with Crippen LogP contribution in [-0.2, 0) is 10.0 Å². The maximum Gasteiger partial charge on any atom is 0.271 e. The average Bonchev–Trinajstić information content (AvgIpc) is 3.19. The predicted octanol–water partition coefficient (Wildman–Crippen LogP) is 3.54. The smallest absolute Gasteiger partial charge is 0.267 e. The summed E-state index contributed by atoms with van der Waals surface area (Å²) in [5, 5.41) is 4.77. The summed E-state index contributed by atoms with van der Waals surface area (Å²) in [4.78, 5) is 12.4. The van der Waals surface area contributed by atoms with E-state index >= 15 is 0 Å². The van der Waals surface area contributed by atoms with E-state index in [0.717, 1.165) is 12.8 Å². The molecule has 1 amide bonds. The fraction of sp³-hybridized carbons (Fsp3) is 0.222. The van der Waals surface area contributed by atoms with Crippen LogP contribution in [0.15, 0.2) is 52.5 Å². The average molecular weight is 426 g/mol. The zero-order chi connectivity index (χ0) is 19.4. The quantitative estimate of drug-likeness (QED) is 0.587. The minimum absolute atomic E-state index is 0.0989. The molecule has 27 heavy (non-hydrogen) atoms. The SMILES string of the molecule is O=C(N/N=C\c1ccc(Cl)cc1Cl)c1cccc(S(=O)(=O)N2CCCC2)c1. The summed E-state index contributed by atoms with van der Waals surface area (Å²) in [7, 11) is -3.58. The number of halogens is 2. The Labute approximate surface area is 167 Å². The Morgan fingerprint density at radius 1 is 1.11 bits per heavy atom. The van der Waals surface area contributed by atoms with Gasteiger partial charge in [0.1, 0.15) is 0 Å². The molecular weight excluding hydrogens is 409 g/mol. The van der Waals surface area contributed by atoms with Crippen molar-refractivity contribution in [2.75, 3.05) is 13.1 Å². The van der Waals surface area contributed by atoms with Crippen LogP contribution in [0.3, 0.4) is 0 Å². The van der Waals surface area contributed by atoms with Crippen molar-refractivity contribution >= 4 is 45.3 Å². The van der Waals surface area contributed by atoms with Crippen LogP contribution in [0.25, 0.3) is 0 Å². The predicted molar refractivity (Wildman–Crippen MR) is 106 cm³/mol. The number of hydrogen-bond acceptors (Lipinski definition) is 4. The van der Waals surface area contributed by atoms with Crippen molar-refractivity contribution in [1.29, 1.82) is 0 Å².